The molecule has 0 saturated carbocycles. The molecule has 19 heavy (non-hydrogen) atoms. The Balaban J connectivity index is 1.92. The molecule has 1 heterocycles. The van der Waals surface area contributed by atoms with Gasteiger partial charge in [0.15, 0.2) is 0 Å². The van der Waals surface area contributed by atoms with Crippen molar-refractivity contribution in [2.45, 2.75) is 13.1 Å². The molecule has 0 aliphatic carbocycles. The fraction of sp³-hybridized carbons (Fsp3) is 0.250. The number of fused-ring (bicyclic) bond motifs is 1. The van der Waals surface area contributed by atoms with E-state index in [0.29, 0.717) is 0 Å². The van der Waals surface area contributed by atoms with Crippen molar-refractivity contribution in [3.63, 3.8) is 0 Å². The third kappa shape index (κ3) is 2.24. The Morgan fingerprint density at radius 2 is 1.37 bits per heavy atom. The minimum absolute atomic E-state index is 0.824. The van der Waals surface area contributed by atoms with Crippen molar-refractivity contribution in [2.75, 3.05) is 19.1 Å². The van der Waals surface area contributed by atoms with Crippen LogP contribution in [-0.4, -0.2) is 14.2 Å². The summed E-state index contributed by atoms with van der Waals surface area (Å²) in [4.78, 5) is 2.33. The Morgan fingerprint density at radius 3 is 1.84 bits per heavy atom. The summed E-state index contributed by atoms with van der Waals surface area (Å²) in [6, 6.07) is 14.6. The van der Waals surface area contributed by atoms with Crippen molar-refractivity contribution in [2.24, 2.45) is 0 Å². The molecule has 0 saturated heterocycles. The summed E-state index contributed by atoms with van der Waals surface area (Å²) in [6.45, 7) is 1.87. The molecular weight excluding hydrogens is 238 g/mol. The maximum Gasteiger partial charge on any atom is 0.124 e. The topological polar surface area (TPSA) is 21.7 Å². The molecule has 0 aromatic heterocycles. The molecule has 3 nitrogen and oxygen atoms in total. The highest BCUT2D eigenvalue weighted by atomic mass is 16.5. The Kier molecular flexibility index (Phi) is 3.03. The third-order valence-electron chi connectivity index (χ3n) is 3.54. The van der Waals surface area contributed by atoms with Crippen molar-refractivity contribution in [1.29, 1.82) is 0 Å². The minimum atomic E-state index is 0.824. The van der Waals surface area contributed by atoms with Gasteiger partial charge in [0.25, 0.3) is 0 Å². The van der Waals surface area contributed by atoms with E-state index in [0.717, 1.165) is 30.3 Å². The number of ether oxygens (including phenoxy) is 2. The maximum atomic E-state index is 5.33. The summed E-state index contributed by atoms with van der Waals surface area (Å²) in [7, 11) is 3.36. The van der Waals surface area contributed by atoms with Gasteiger partial charge in [-0.15, -0.1) is 0 Å². The lowest BCUT2D eigenvalue weighted by Gasteiger charge is -2.19. The van der Waals surface area contributed by atoms with E-state index in [-0.39, 0.29) is 0 Å². The monoisotopic (exact) mass is 255 g/mol. The summed E-state index contributed by atoms with van der Waals surface area (Å²) < 4.78 is 10.7. The molecule has 3 rings (SSSR count). The third-order valence-corrected chi connectivity index (χ3v) is 3.54. The molecule has 0 N–H and O–H groups in total. The van der Waals surface area contributed by atoms with Crippen LogP contribution < -0.4 is 14.4 Å². The maximum absolute atomic E-state index is 5.33. The fourth-order valence-electron chi connectivity index (χ4n) is 2.49. The highest BCUT2D eigenvalue weighted by Gasteiger charge is 2.19. The first-order chi connectivity index (χ1) is 9.30. The van der Waals surface area contributed by atoms with Gasteiger partial charge in [0.05, 0.1) is 14.2 Å². The Bertz CT molecular complexity index is 548. The number of hydrogen-bond donors (Lipinski definition) is 0. The van der Waals surface area contributed by atoms with E-state index in [1.807, 2.05) is 6.07 Å². The van der Waals surface area contributed by atoms with E-state index in [1.54, 1.807) is 14.2 Å². The molecule has 98 valence electrons. The molecule has 3 heteroatoms. The van der Waals surface area contributed by atoms with Gasteiger partial charge >= 0.3 is 0 Å². The molecule has 1 aliphatic rings. The number of hydrogen-bond acceptors (Lipinski definition) is 3. The van der Waals surface area contributed by atoms with Crippen LogP contribution in [-0.2, 0) is 13.1 Å². The van der Waals surface area contributed by atoms with E-state index in [1.165, 1.54) is 11.1 Å². The molecule has 0 radical (unpaired) electrons. The van der Waals surface area contributed by atoms with Crippen molar-refractivity contribution in [1.82, 2.24) is 0 Å². The van der Waals surface area contributed by atoms with Gasteiger partial charge < -0.3 is 14.4 Å². The summed E-state index contributed by atoms with van der Waals surface area (Å²) in [5.74, 6) is 1.65. The first-order valence-corrected chi connectivity index (χ1v) is 6.35. The van der Waals surface area contributed by atoms with Crippen LogP contribution in [0.4, 0.5) is 5.69 Å². The van der Waals surface area contributed by atoms with Gasteiger partial charge in [-0.2, -0.15) is 0 Å². The number of rotatable bonds is 3. The number of nitrogens with zero attached hydrogens (tertiary/aromatic N) is 1. The molecule has 2 aromatic rings. The lowest BCUT2D eigenvalue weighted by molar-refractivity contribution is 0.394. The van der Waals surface area contributed by atoms with Crippen molar-refractivity contribution in [3.05, 3.63) is 53.6 Å². The molecule has 1 aliphatic heterocycles. The molecule has 0 bridgehead atoms. The summed E-state index contributed by atoms with van der Waals surface area (Å²) in [5, 5.41) is 0. The zero-order chi connectivity index (χ0) is 13.2. The standard InChI is InChI=1S/C16H17NO2/c1-18-15-7-14(8-16(9-15)19-2)17-10-12-5-3-4-6-13(12)11-17/h3-9H,10-11H2,1-2H3. The highest BCUT2D eigenvalue weighted by molar-refractivity contribution is 5.58. The Labute approximate surface area is 113 Å². The summed E-state index contributed by atoms with van der Waals surface area (Å²) in [5.41, 5.74) is 3.92. The van der Waals surface area contributed by atoms with E-state index in [4.69, 9.17) is 9.47 Å². The van der Waals surface area contributed by atoms with Crippen molar-refractivity contribution >= 4 is 5.69 Å². The highest BCUT2D eigenvalue weighted by Crippen LogP contribution is 2.33. The predicted molar refractivity (Wildman–Crippen MR) is 75.9 cm³/mol. The van der Waals surface area contributed by atoms with E-state index < -0.39 is 0 Å². The van der Waals surface area contributed by atoms with Crippen molar-refractivity contribution in [3.8, 4) is 11.5 Å². The van der Waals surface area contributed by atoms with Crippen molar-refractivity contribution < 1.29 is 9.47 Å². The van der Waals surface area contributed by atoms with E-state index in [9.17, 15) is 0 Å². The predicted octanol–water partition coefficient (Wildman–Crippen LogP) is 3.22. The van der Waals surface area contributed by atoms with Gasteiger partial charge in [-0.3, -0.25) is 0 Å². The second-order valence-corrected chi connectivity index (χ2v) is 4.70. The van der Waals surface area contributed by atoms with Gasteiger partial charge in [-0.1, -0.05) is 24.3 Å². The average Bonchev–Trinajstić information content (AvgIpc) is 2.90. The second kappa shape index (κ2) is 4.84. The SMILES string of the molecule is COc1cc(OC)cc(N2Cc3ccccc3C2)c1. The van der Waals surface area contributed by atoms with Gasteiger partial charge in [0.2, 0.25) is 0 Å². The van der Waals surface area contributed by atoms with Crippen LogP contribution in [0.5, 0.6) is 11.5 Å². The van der Waals surface area contributed by atoms with Crippen LogP contribution >= 0.6 is 0 Å². The normalized spacial score (nSPS) is 13.3. The molecular formula is C16H17NO2. The Morgan fingerprint density at radius 1 is 0.842 bits per heavy atom. The largest absolute Gasteiger partial charge is 0.497 e. The molecule has 0 amide bonds. The number of methoxy groups -OCH3 is 2. The zero-order valence-electron chi connectivity index (χ0n) is 11.2. The van der Waals surface area contributed by atoms with Gasteiger partial charge in [0.1, 0.15) is 11.5 Å². The lowest BCUT2D eigenvalue weighted by Crippen LogP contribution is -2.14. The quantitative estimate of drug-likeness (QED) is 0.840. The second-order valence-electron chi connectivity index (χ2n) is 4.70. The van der Waals surface area contributed by atoms with Gasteiger partial charge in [0, 0.05) is 37.0 Å². The summed E-state index contributed by atoms with van der Waals surface area (Å²) in [6.07, 6.45) is 0. The molecule has 0 spiro atoms. The van der Waals surface area contributed by atoms with Gasteiger partial charge in [-0.05, 0) is 11.1 Å². The van der Waals surface area contributed by atoms with E-state index >= 15 is 0 Å². The molecule has 0 fully saturated rings. The van der Waals surface area contributed by atoms with Crippen LogP contribution in [0.25, 0.3) is 0 Å². The number of benzene rings is 2. The van der Waals surface area contributed by atoms with Crippen LogP contribution in [0.3, 0.4) is 0 Å². The van der Waals surface area contributed by atoms with Crippen LogP contribution in [0.15, 0.2) is 42.5 Å². The summed E-state index contributed by atoms with van der Waals surface area (Å²) >= 11 is 0. The number of anilines is 1. The molecule has 0 atom stereocenters. The smallest absolute Gasteiger partial charge is 0.124 e. The van der Waals surface area contributed by atoms with Gasteiger partial charge in [-0.25, -0.2) is 0 Å². The van der Waals surface area contributed by atoms with Crippen LogP contribution in [0, 0.1) is 0 Å². The minimum Gasteiger partial charge on any atom is -0.497 e. The average molecular weight is 255 g/mol. The Hall–Kier alpha value is -2.16. The van der Waals surface area contributed by atoms with E-state index in [2.05, 4.69) is 41.3 Å². The van der Waals surface area contributed by atoms with Crippen LogP contribution in [0.1, 0.15) is 11.1 Å². The first kappa shape index (κ1) is 11.9. The van der Waals surface area contributed by atoms with Crippen LogP contribution in [0.2, 0.25) is 0 Å². The first-order valence-electron chi connectivity index (χ1n) is 6.35. The fourth-order valence-corrected chi connectivity index (χ4v) is 2.49. The zero-order valence-corrected chi connectivity index (χ0v) is 11.2. The molecule has 0 unspecified atom stereocenters. The molecule has 2 aromatic carbocycles. The lowest BCUT2D eigenvalue weighted by atomic mass is 10.1.